The maximum Gasteiger partial charge on any atom is 0.326 e. The molecule has 1 amide bonds. The molecule has 1 atom stereocenters. The second kappa shape index (κ2) is 9.06. The van der Waals surface area contributed by atoms with E-state index in [0.717, 1.165) is 11.1 Å². The zero-order chi connectivity index (χ0) is 21.6. The first-order valence-electron chi connectivity index (χ1n) is 9.59. The summed E-state index contributed by atoms with van der Waals surface area (Å²) in [6, 6.07) is 26.2. The Morgan fingerprint density at radius 2 is 1.53 bits per heavy atom. The molecule has 0 heterocycles. The molecular weight excluding hydrogens is 376 g/mol. The van der Waals surface area contributed by atoms with Crippen LogP contribution in [-0.2, 0) is 21.4 Å². The fourth-order valence-electron chi connectivity index (χ4n) is 3.48. The number of carboxylic acid groups (broad SMARTS) is 1. The van der Waals surface area contributed by atoms with E-state index in [4.69, 9.17) is 5.26 Å². The Kier molecular flexibility index (Phi) is 6.29. The maximum absolute atomic E-state index is 13.5. The Morgan fingerprint density at radius 3 is 2.03 bits per heavy atom. The van der Waals surface area contributed by atoms with Crippen LogP contribution in [0.5, 0.6) is 0 Å². The zero-order valence-corrected chi connectivity index (χ0v) is 16.6. The molecule has 2 N–H and O–H groups in total. The topological polar surface area (TPSA) is 90.2 Å². The van der Waals surface area contributed by atoms with Gasteiger partial charge in [-0.25, -0.2) is 4.79 Å². The number of carboxylic acids is 1. The number of benzene rings is 3. The summed E-state index contributed by atoms with van der Waals surface area (Å²) < 4.78 is 0. The molecule has 3 aromatic carbocycles. The average Bonchev–Trinajstić information content (AvgIpc) is 2.79. The summed E-state index contributed by atoms with van der Waals surface area (Å²) in [6.45, 7) is 1.79. The van der Waals surface area contributed by atoms with Gasteiger partial charge in [0.05, 0.1) is 17.0 Å². The molecule has 3 aromatic rings. The van der Waals surface area contributed by atoms with Crippen LogP contribution < -0.4 is 5.32 Å². The lowest BCUT2D eigenvalue weighted by molar-refractivity contribution is -0.142. The van der Waals surface area contributed by atoms with Gasteiger partial charge in [-0.3, -0.25) is 4.79 Å². The summed E-state index contributed by atoms with van der Waals surface area (Å²) in [5.74, 6) is -1.53. The molecule has 0 saturated carbocycles. The van der Waals surface area contributed by atoms with Gasteiger partial charge in [0.2, 0.25) is 5.91 Å². The quantitative estimate of drug-likeness (QED) is 0.635. The predicted octanol–water partition coefficient (Wildman–Crippen LogP) is 3.68. The van der Waals surface area contributed by atoms with Gasteiger partial charge in [0, 0.05) is 6.42 Å². The van der Waals surface area contributed by atoms with E-state index in [1.165, 1.54) is 0 Å². The Morgan fingerprint density at radius 1 is 0.967 bits per heavy atom. The first-order valence-corrected chi connectivity index (χ1v) is 9.59. The van der Waals surface area contributed by atoms with E-state index in [-0.39, 0.29) is 6.42 Å². The monoisotopic (exact) mass is 398 g/mol. The van der Waals surface area contributed by atoms with Gasteiger partial charge < -0.3 is 10.4 Å². The second-order valence-electron chi connectivity index (χ2n) is 7.24. The second-order valence-corrected chi connectivity index (χ2v) is 7.24. The molecule has 3 rings (SSSR count). The molecule has 5 nitrogen and oxygen atoms in total. The summed E-state index contributed by atoms with van der Waals surface area (Å²) in [5.41, 5.74) is 1.59. The van der Waals surface area contributed by atoms with Crippen LogP contribution in [0.4, 0.5) is 0 Å². The van der Waals surface area contributed by atoms with Crippen LogP contribution >= 0.6 is 0 Å². The minimum atomic E-state index is -1.13. The van der Waals surface area contributed by atoms with Crippen molar-refractivity contribution in [2.24, 2.45) is 0 Å². The van der Waals surface area contributed by atoms with E-state index in [9.17, 15) is 14.7 Å². The van der Waals surface area contributed by atoms with Gasteiger partial charge in [0.25, 0.3) is 0 Å². The highest BCUT2D eigenvalue weighted by molar-refractivity contribution is 5.94. The van der Waals surface area contributed by atoms with Crippen molar-refractivity contribution in [3.8, 4) is 6.07 Å². The number of amides is 1. The van der Waals surface area contributed by atoms with Crippen LogP contribution in [0, 0.1) is 11.3 Å². The van der Waals surface area contributed by atoms with E-state index in [2.05, 4.69) is 5.32 Å². The van der Waals surface area contributed by atoms with Crippen molar-refractivity contribution in [2.75, 3.05) is 0 Å². The van der Waals surface area contributed by atoms with E-state index < -0.39 is 23.3 Å². The highest BCUT2D eigenvalue weighted by Crippen LogP contribution is 2.32. The molecule has 0 unspecified atom stereocenters. The lowest BCUT2D eigenvalue weighted by atomic mass is 9.75. The van der Waals surface area contributed by atoms with Gasteiger partial charge >= 0.3 is 5.97 Å². The van der Waals surface area contributed by atoms with Crippen molar-refractivity contribution >= 4 is 11.9 Å². The molecule has 0 spiro atoms. The van der Waals surface area contributed by atoms with Crippen molar-refractivity contribution in [3.05, 3.63) is 107 Å². The minimum absolute atomic E-state index is 0.0796. The number of rotatable bonds is 7. The third kappa shape index (κ3) is 4.39. The molecule has 0 aromatic heterocycles. The standard InChI is InChI=1S/C25H22N2O3/c1-25(20-11-4-2-5-12-20,21-13-6-3-7-14-21)24(30)27-22(23(28)29)16-18-9-8-10-19(15-18)17-26/h2-15,22H,16H2,1H3,(H,27,30)(H,28,29)/t22-/m1/s1. The molecule has 0 bridgehead atoms. The summed E-state index contributed by atoms with van der Waals surface area (Å²) >= 11 is 0. The molecule has 0 aliphatic heterocycles. The number of aliphatic carboxylic acids is 1. The van der Waals surface area contributed by atoms with Gasteiger partial charge in [-0.15, -0.1) is 0 Å². The Balaban J connectivity index is 1.93. The Hall–Kier alpha value is -3.91. The normalized spacial score (nSPS) is 11.9. The van der Waals surface area contributed by atoms with E-state index in [0.29, 0.717) is 11.1 Å². The Bertz CT molecular complexity index is 1030. The number of hydrogen-bond donors (Lipinski definition) is 2. The molecule has 0 aliphatic rings. The lowest BCUT2D eigenvalue weighted by Gasteiger charge is -2.31. The van der Waals surface area contributed by atoms with Crippen LogP contribution in [0.3, 0.4) is 0 Å². The zero-order valence-electron chi connectivity index (χ0n) is 16.6. The van der Waals surface area contributed by atoms with Crippen molar-refractivity contribution in [1.82, 2.24) is 5.32 Å². The van der Waals surface area contributed by atoms with E-state index in [1.54, 1.807) is 31.2 Å². The van der Waals surface area contributed by atoms with Crippen molar-refractivity contribution in [2.45, 2.75) is 24.8 Å². The van der Waals surface area contributed by atoms with Gasteiger partial charge in [-0.05, 0) is 35.7 Å². The van der Waals surface area contributed by atoms with Crippen LogP contribution in [0.1, 0.15) is 29.2 Å². The van der Waals surface area contributed by atoms with E-state index >= 15 is 0 Å². The number of carbonyl (C=O) groups excluding carboxylic acids is 1. The van der Waals surface area contributed by atoms with Crippen LogP contribution in [0.15, 0.2) is 84.9 Å². The summed E-state index contributed by atoms with van der Waals surface area (Å²) in [5, 5.41) is 21.5. The molecule has 30 heavy (non-hydrogen) atoms. The highest BCUT2D eigenvalue weighted by Gasteiger charge is 2.38. The number of nitrogens with zero attached hydrogens (tertiary/aromatic N) is 1. The van der Waals surface area contributed by atoms with Gasteiger partial charge in [0.15, 0.2) is 0 Å². The fraction of sp³-hybridized carbons (Fsp3) is 0.160. The lowest BCUT2D eigenvalue weighted by Crippen LogP contribution is -2.50. The number of nitrogens with one attached hydrogen (secondary N) is 1. The summed E-state index contributed by atoms with van der Waals surface area (Å²) in [4.78, 5) is 25.4. The fourth-order valence-corrected chi connectivity index (χ4v) is 3.48. The highest BCUT2D eigenvalue weighted by atomic mass is 16.4. The number of carbonyl (C=O) groups is 2. The number of hydrogen-bond acceptors (Lipinski definition) is 3. The smallest absolute Gasteiger partial charge is 0.326 e. The molecular formula is C25H22N2O3. The third-order valence-corrected chi connectivity index (χ3v) is 5.26. The summed E-state index contributed by atoms with van der Waals surface area (Å²) in [6.07, 6.45) is 0.0796. The number of nitriles is 1. The molecule has 5 heteroatoms. The third-order valence-electron chi connectivity index (χ3n) is 5.26. The molecule has 0 aliphatic carbocycles. The molecule has 0 fully saturated rings. The SMILES string of the molecule is CC(C(=O)N[C@H](Cc1cccc(C#N)c1)C(=O)O)(c1ccccc1)c1ccccc1. The minimum Gasteiger partial charge on any atom is -0.480 e. The van der Waals surface area contributed by atoms with Crippen molar-refractivity contribution in [1.29, 1.82) is 5.26 Å². The van der Waals surface area contributed by atoms with Gasteiger partial charge in [0.1, 0.15) is 6.04 Å². The van der Waals surface area contributed by atoms with Crippen molar-refractivity contribution < 1.29 is 14.7 Å². The largest absolute Gasteiger partial charge is 0.480 e. The maximum atomic E-state index is 13.5. The van der Waals surface area contributed by atoms with Gasteiger partial charge in [-0.2, -0.15) is 5.26 Å². The Labute approximate surface area is 175 Å². The summed E-state index contributed by atoms with van der Waals surface area (Å²) in [7, 11) is 0. The van der Waals surface area contributed by atoms with Crippen molar-refractivity contribution in [3.63, 3.8) is 0 Å². The average molecular weight is 398 g/mol. The van der Waals surface area contributed by atoms with Crippen LogP contribution in [-0.4, -0.2) is 23.0 Å². The molecule has 0 saturated heterocycles. The van der Waals surface area contributed by atoms with Crippen LogP contribution in [0.25, 0.3) is 0 Å². The van der Waals surface area contributed by atoms with Gasteiger partial charge in [-0.1, -0.05) is 72.8 Å². The predicted molar refractivity (Wildman–Crippen MR) is 114 cm³/mol. The van der Waals surface area contributed by atoms with Crippen LogP contribution in [0.2, 0.25) is 0 Å². The molecule has 150 valence electrons. The molecule has 0 radical (unpaired) electrons. The first-order chi connectivity index (χ1) is 14.4. The first kappa shape index (κ1) is 20.8. The van der Waals surface area contributed by atoms with E-state index in [1.807, 2.05) is 66.7 Å².